The van der Waals surface area contributed by atoms with Crippen LogP contribution >= 0.6 is 0 Å². The van der Waals surface area contributed by atoms with Gasteiger partial charge >= 0.3 is 0 Å². The van der Waals surface area contributed by atoms with E-state index in [4.69, 9.17) is 10.3 Å². The number of nitrogens with two attached hydrogens (primary N) is 1. The normalized spacial score (nSPS) is 10.4. The van der Waals surface area contributed by atoms with Crippen molar-refractivity contribution >= 4 is 5.69 Å². The summed E-state index contributed by atoms with van der Waals surface area (Å²) in [5.41, 5.74) is 6.96. The Labute approximate surface area is 68.8 Å². The molecule has 0 amide bonds. The molecule has 0 radical (unpaired) electrons. The Bertz CT molecular complexity index is 390. The first-order chi connectivity index (χ1) is 5.77. The number of anilines is 1. The van der Waals surface area contributed by atoms with Crippen LogP contribution in [0.15, 0.2) is 23.1 Å². The van der Waals surface area contributed by atoms with Crippen molar-refractivity contribution in [3.05, 3.63) is 18.6 Å². The third-order valence-electron chi connectivity index (χ3n) is 1.57. The van der Waals surface area contributed by atoms with Crippen LogP contribution in [0.2, 0.25) is 0 Å². The van der Waals surface area contributed by atoms with Crippen LogP contribution < -0.4 is 5.73 Å². The molecule has 0 fully saturated rings. The second-order valence-corrected chi connectivity index (χ2v) is 2.51. The lowest BCUT2D eigenvalue weighted by Gasteiger charge is -1.88. The second-order valence-electron chi connectivity index (χ2n) is 2.51. The molecular formula is C7H8N4O. The number of hydrogen-bond acceptors (Lipinski definition) is 4. The van der Waals surface area contributed by atoms with Crippen LogP contribution in [0, 0.1) is 0 Å². The van der Waals surface area contributed by atoms with Crippen LogP contribution in [0.4, 0.5) is 5.69 Å². The lowest BCUT2D eigenvalue weighted by Crippen LogP contribution is -1.85. The molecule has 0 saturated carbocycles. The molecule has 2 heterocycles. The average Bonchev–Trinajstić information content (AvgIpc) is 2.58. The fraction of sp³-hybridized carbons (Fsp3) is 0.143. The number of aryl methyl sites for hydroxylation is 1. The Morgan fingerprint density at radius 3 is 2.83 bits per heavy atom. The van der Waals surface area contributed by atoms with Crippen molar-refractivity contribution in [2.45, 2.75) is 0 Å². The summed E-state index contributed by atoms with van der Waals surface area (Å²) in [6, 6.07) is 0. The van der Waals surface area contributed by atoms with E-state index in [0.29, 0.717) is 11.4 Å². The van der Waals surface area contributed by atoms with Gasteiger partial charge in [-0.25, -0.2) is 0 Å². The number of nitrogen functional groups attached to an aromatic ring is 1. The molecule has 2 aromatic heterocycles. The maximum absolute atomic E-state index is 5.59. The zero-order valence-corrected chi connectivity index (χ0v) is 6.56. The van der Waals surface area contributed by atoms with E-state index in [1.807, 2.05) is 13.2 Å². The summed E-state index contributed by atoms with van der Waals surface area (Å²) in [6.07, 6.45) is 4.97. The third-order valence-corrected chi connectivity index (χ3v) is 1.57. The molecule has 2 aromatic rings. The molecule has 0 aliphatic carbocycles. The lowest BCUT2D eigenvalue weighted by molar-refractivity contribution is 0.432. The maximum atomic E-state index is 5.59. The third kappa shape index (κ3) is 0.952. The van der Waals surface area contributed by atoms with Crippen LogP contribution in [0.25, 0.3) is 11.3 Å². The molecular weight excluding hydrogens is 156 g/mol. The smallest absolute Gasteiger partial charge is 0.192 e. The van der Waals surface area contributed by atoms with Gasteiger partial charge in [-0.2, -0.15) is 5.10 Å². The Hall–Kier alpha value is -1.78. The molecule has 0 bridgehead atoms. The van der Waals surface area contributed by atoms with Gasteiger partial charge in [0.1, 0.15) is 5.69 Å². The Kier molecular flexibility index (Phi) is 1.36. The summed E-state index contributed by atoms with van der Waals surface area (Å²) in [5.74, 6) is 0.572. The van der Waals surface area contributed by atoms with Gasteiger partial charge in [-0.15, -0.1) is 0 Å². The van der Waals surface area contributed by atoms with Crippen LogP contribution in [0.1, 0.15) is 0 Å². The van der Waals surface area contributed by atoms with Crippen molar-refractivity contribution in [1.29, 1.82) is 0 Å². The molecule has 2 rings (SSSR count). The molecule has 0 spiro atoms. The predicted octanol–water partition coefficient (Wildman–Crippen LogP) is 0.657. The van der Waals surface area contributed by atoms with E-state index >= 15 is 0 Å². The fourth-order valence-electron chi connectivity index (χ4n) is 1.01. The first kappa shape index (κ1) is 6.90. The zero-order valence-electron chi connectivity index (χ0n) is 6.56. The molecule has 0 aliphatic rings. The number of rotatable bonds is 1. The summed E-state index contributed by atoms with van der Waals surface area (Å²) in [6.45, 7) is 0. The predicted molar refractivity (Wildman–Crippen MR) is 43.1 cm³/mol. The molecule has 0 saturated heterocycles. The minimum atomic E-state index is 0.531. The Morgan fingerprint density at radius 2 is 2.33 bits per heavy atom. The molecule has 0 unspecified atom stereocenters. The Morgan fingerprint density at radius 1 is 1.50 bits per heavy atom. The highest BCUT2D eigenvalue weighted by Crippen LogP contribution is 2.23. The van der Waals surface area contributed by atoms with Gasteiger partial charge in [-0.05, 0) is 0 Å². The van der Waals surface area contributed by atoms with Crippen molar-refractivity contribution in [2.24, 2.45) is 7.05 Å². The first-order valence-electron chi connectivity index (χ1n) is 3.46. The van der Waals surface area contributed by atoms with Crippen LogP contribution in [0.3, 0.4) is 0 Å². The van der Waals surface area contributed by atoms with Gasteiger partial charge in [0, 0.05) is 13.2 Å². The number of nitrogens with zero attached hydrogens (tertiary/aromatic N) is 3. The molecule has 0 aromatic carbocycles. The zero-order chi connectivity index (χ0) is 8.55. The molecule has 0 aliphatic heterocycles. The van der Waals surface area contributed by atoms with E-state index in [9.17, 15) is 0 Å². The SMILES string of the molecule is Cn1cc(-c2oncc2N)cn1. The number of hydrogen-bond donors (Lipinski definition) is 1. The molecule has 62 valence electrons. The Balaban J connectivity index is 2.50. The maximum Gasteiger partial charge on any atom is 0.192 e. The van der Waals surface area contributed by atoms with Gasteiger partial charge in [0.2, 0.25) is 0 Å². The lowest BCUT2D eigenvalue weighted by atomic mass is 10.2. The second kappa shape index (κ2) is 2.37. The molecule has 2 N–H and O–H groups in total. The van der Waals surface area contributed by atoms with Crippen LogP contribution in [0.5, 0.6) is 0 Å². The van der Waals surface area contributed by atoms with E-state index < -0.39 is 0 Å². The largest absolute Gasteiger partial charge is 0.394 e. The van der Waals surface area contributed by atoms with E-state index in [1.165, 1.54) is 6.20 Å². The average molecular weight is 164 g/mol. The van der Waals surface area contributed by atoms with Crippen molar-refractivity contribution < 1.29 is 4.52 Å². The van der Waals surface area contributed by atoms with Gasteiger partial charge in [-0.1, -0.05) is 5.16 Å². The molecule has 0 atom stereocenters. The summed E-state index contributed by atoms with van der Waals surface area (Å²) < 4.78 is 6.61. The molecule has 12 heavy (non-hydrogen) atoms. The van der Waals surface area contributed by atoms with Gasteiger partial charge in [0.25, 0.3) is 0 Å². The minimum absolute atomic E-state index is 0.531. The first-order valence-corrected chi connectivity index (χ1v) is 3.46. The summed E-state index contributed by atoms with van der Waals surface area (Å²) in [5, 5.41) is 7.56. The number of aromatic nitrogens is 3. The molecule has 5 heteroatoms. The summed E-state index contributed by atoms with van der Waals surface area (Å²) >= 11 is 0. The van der Waals surface area contributed by atoms with Crippen molar-refractivity contribution in [1.82, 2.24) is 14.9 Å². The quantitative estimate of drug-likeness (QED) is 0.672. The van der Waals surface area contributed by atoms with Crippen molar-refractivity contribution in [3.63, 3.8) is 0 Å². The van der Waals surface area contributed by atoms with Gasteiger partial charge in [0.15, 0.2) is 5.76 Å². The van der Waals surface area contributed by atoms with Gasteiger partial charge in [0.05, 0.1) is 18.0 Å². The van der Waals surface area contributed by atoms with E-state index in [1.54, 1.807) is 10.9 Å². The van der Waals surface area contributed by atoms with E-state index in [-0.39, 0.29) is 0 Å². The van der Waals surface area contributed by atoms with E-state index in [2.05, 4.69) is 10.3 Å². The van der Waals surface area contributed by atoms with Crippen LogP contribution in [-0.2, 0) is 7.05 Å². The topological polar surface area (TPSA) is 69.9 Å². The van der Waals surface area contributed by atoms with Crippen LogP contribution in [-0.4, -0.2) is 14.9 Å². The fourth-order valence-corrected chi connectivity index (χ4v) is 1.01. The standard InChI is InChI=1S/C7H8N4O/c1-11-4-5(2-9-11)7-6(8)3-10-12-7/h2-4H,8H2,1H3. The minimum Gasteiger partial charge on any atom is -0.394 e. The highest BCUT2D eigenvalue weighted by atomic mass is 16.5. The van der Waals surface area contributed by atoms with Gasteiger partial charge < -0.3 is 10.3 Å². The van der Waals surface area contributed by atoms with Crippen molar-refractivity contribution in [2.75, 3.05) is 5.73 Å². The van der Waals surface area contributed by atoms with Gasteiger partial charge in [-0.3, -0.25) is 4.68 Å². The summed E-state index contributed by atoms with van der Waals surface area (Å²) in [7, 11) is 1.83. The van der Waals surface area contributed by atoms with E-state index in [0.717, 1.165) is 5.56 Å². The van der Waals surface area contributed by atoms with Crippen molar-refractivity contribution in [3.8, 4) is 11.3 Å². The summed E-state index contributed by atoms with van der Waals surface area (Å²) in [4.78, 5) is 0. The monoisotopic (exact) mass is 164 g/mol. The molecule has 5 nitrogen and oxygen atoms in total. The highest BCUT2D eigenvalue weighted by Gasteiger charge is 2.08. The highest BCUT2D eigenvalue weighted by molar-refractivity contribution is 5.68.